The lowest BCUT2D eigenvalue weighted by molar-refractivity contribution is -0.920. The molecule has 0 spiro atoms. The molecule has 1 fully saturated rings. The van der Waals surface area contributed by atoms with Gasteiger partial charge in [0.15, 0.2) is 6.54 Å². The van der Waals surface area contributed by atoms with E-state index in [1.807, 2.05) is 0 Å². The van der Waals surface area contributed by atoms with Gasteiger partial charge in [-0.25, -0.2) is 4.79 Å². The van der Waals surface area contributed by atoms with Crippen LogP contribution in [0.4, 0.5) is 0 Å². The molecule has 0 saturated carbocycles. The Morgan fingerprint density at radius 1 is 1.15 bits per heavy atom. The molecule has 0 radical (unpaired) electrons. The number of hydrogen-bond acceptors (Lipinski definition) is 2. The van der Waals surface area contributed by atoms with Gasteiger partial charge in [-0.15, -0.1) is 0 Å². The van der Waals surface area contributed by atoms with Crippen LogP contribution in [0, 0.1) is 0 Å². The number of piperidine rings is 1. The minimum atomic E-state index is -0.0236. The Labute approximate surface area is 165 Å². The molecule has 146 valence electrons. The molecule has 26 heavy (non-hydrogen) atoms. The molecule has 1 aliphatic rings. The van der Waals surface area contributed by atoms with Crippen molar-refractivity contribution >= 4 is 5.97 Å². The van der Waals surface area contributed by atoms with Crippen LogP contribution < -0.4 is 12.4 Å². The van der Waals surface area contributed by atoms with Crippen LogP contribution in [0.5, 0.6) is 0 Å². The van der Waals surface area contributed by atoms with Crippen LogP contribution in [-0.2, 0) is 16.0 Å². The van der Waals surface area contributed by atoms with E-state index in [2.05, 4.69) is 50.3 Å². The maximum Gasteiger partial charge on any atom is 0.361 e. The van der Waals surface area contributed by atoms with Crippen molar-refractivity contribution in [3.05, 3.63) is 47.5 Å². The van der Waals surface area contributed by atoms with Crippen molar-refractivity contribution in [1.29, 1.82) is 0 Å². The molecule has 1 aromatic carbocycles. The zero-order valence-electron chi connectivity index (χ0n) is 16.4. The first-order valence-electron chi connectivity index (χ1n) is 9.84. The third-order valence-electron chi connectivity index (χ3n) is 5.14. The lowest BCUT2D eigenvalue weighted by Crippen LogP contribution is -3.00. The van der Waals surface area contributed by atoms with Gasteiger partial charge >= 0.3 is 5.97 Å². The molecule has 0 amide bonds. The van der Waals surface area contributed by atoms with Crippen LogP contribution in [0.3, 0.4) is 0 Å². The van der Waals surface area contributed by atoms with Gasteiger partial charge in [0, 0.05) is 0 Å². The topological polar surface area (TPSA) is 26.3 Å². The fourth-order valence-electron chi connectivity index (χ4n) is 3.58. The predicted octanol–water partition coefficient (Wildman–Crippen LogP) is 1.52. The number of hydrogen-bond donors (Lipinski definition) is 0. The number of nitrogens with zero attached hydrogens (tertiary/aromatic N) is 1. The van der Waals surface area contributed by atoms with E-state index in [0.29, 0.717) is 13.2 Å². The number of ether oxygens (including phenoxy) is 1. The number of esters is 1. The van der Waals surface area contributed by atoms with Crippen LogP contribution in [0.25, 0.3) is 0 Å². The first kappa shape index (κ1) is 22.7. The lowest BCUT2D eigenvalue weighted by atomic mass is 10.0. The zero-order valence-corrected chi connectivity index (χ0v) is 17.1. The van der Waals surface area contributed by atoms with E-state index >= 15 is 0 Å². The Kier molecular flexibility index (Phi) is 10.6. The number of allylic oxidation sites excluding steroid dienone is 1. The van der Waals surface area contributed by atoms with Crippen LogP contribution in [0.1, 0.15) is 51.5 Å². The van der Waals surface area contributed by atoms with E-state index in [-0.39, 0.29) is 18.4 Å². The molecule has 1 aliphatic heterocycles. The molecule has 0 unspecified atom stereocenters. The number of benzene rings is 1. The van der Waals surface area contributed by atoms with Crippen LogP contribution >= 0.6 is 0 Å². The van der Waals surface area contributed by atoms with Crippen LogP contribution in [-0.4, -0.2) is 43.2 Å². The number of carbonyl (C=O) groups excluding carboxylic acids is 1. The van der Waals surface area contributed by atoms with Crippen molar-refractivity contribution in [2.75, 3.05) is 32.8 Å². The smallest absolute Gasteiger partial charge is 0.361 e. The fourth-order valence-corrected chi connectivity index (χ4v) is 3.58. The van der Waals surface area contributed by atoms with Crippen LogP contribution in [0.2, 0.25) is 0 Å². The molecular formula is C22H34ClNO2. The molecule has 1 saturated heterocycles. The third kappa shape index (κ3) is 7.92. The van der Waals surface area contributed by atoms with Gasteiger partial charge < -0.3 is 21.6 Å². The summed E-state index contributed by atoms with van der Waals surface area (Å²) in [7, 11) is 0. The Bertz CT molecular complexity index is 551. The highest BCUT2D eigenvalue weighted by molar-refractivity contribution is 5.70. The molecule has 0 aliphatic carbocycles. The molecule has 4 heteroatoms. The highest BCUT2D eigenvalue weighted by Crippen LogP contribution is 2.20. The van der Waals surface area contributed by atoms with Gasteiger partial charge in [0.2, 0.25) is 0 Å². The second-order valence-corrected chi connectivity index (χ2v) is 7.48. The molecular weight excluding hydrogens is 346 g/mol. The van der Waals surface area contributed by atoms with Crippen molar-refractivity contribution in [1.82, 2.24) is 0 Å². The lowest BCUT2D eigenvalue weighted by Gasteiger charge is -2.40. The Hall–Kier alpha value is -1.32. The SMILES string of the molecule is CCCCOC(=O)C[N+]1(C/C=C(/C)Cc2ccccc2)CCCCC1.[Cl-]. The zero-order chi connectivity index (χ0) is 18.0. The number of quaternary nitrogens is 1. The second kappa shape index (κ2) is 12.1. The molecule has 0 bridgehead atoms. The highest BCUT2D eigenvalue weighted by atomic mass is 35.5. The van der Waals surface area contributed by atoms with Crippen molar-refractivity contribution in [2.45, 2.75) is 52.4 Å². The van der Waals surface area contributed by atoms with E-state index in [9.17, 15) is 4.79 Å². The number of halogens is 1. The van der Waals surface area contributed by atoms with Gasteiger partial charge in [-0.05, 0) is 50.7 Å². The summed E-state index contributed by atoms with van der Waals surface area (Å²) in [6, 6.07) is 10.6. The standard InChI is InChI=1S/C22H34NO2.ClH/c1-3-4-17-25-22(24)19-23(14-9-6-10-15-23)16-13-20(2)18-21-11-7-5-8-12-21;/h5,7-8,11-13H,3-4,6,9-10,14-19H2,1-2H3;1H/q+1;/p-1/b20-13-;. The van der Waals surface area contributed by atoms with E-state index in [1.165, 1.54) is 30.4 Å². The minimum absolute atomic E-state index is 0. The van der Waals surface area contributed by atoms with Gasteiger partial charge in [-0.1, -0.05) is 49.2 Å². The minimum Gasteiger partial charge on any atom is -1.00 e. The molecule has 1 heterocycles. The highest BCUT2D eigenvalue weighted by Gasteiger charge is 2.32. The Morgan fingerprint density at radius 3 is 2.50 bits per heavy atom. The fraction of sp³-hybridized carbons (Fsp3) is 0.591. The summed E-state index contributed by atoms with van der Waals surface area (Å²) in [5, 5.41) is 0. The van der Waals surface area contributed by atoms with E-state index in [1.54, 1.807) is 0 Å². The monoisotopic (exact) mass is 379 g/mol. The van der Waals surface area contributed by atoms with Gasteiger partial charge in [0.05, 0.1) is 26.2 Å². The van der Waals surface area contributed by atoms with Gasteiger partial charge in [-0.3, -0.25) is 0 Å². The second-order valence-electron chi connectivity index (χ2n) is 7.48. The van der Waals surface area contributed by atoms with Gasteiger partial charge in [0.25, 0.3) is 0 Å². The molecule has 2 rings (SSSR count). The molecule has 0 aromatic heterocycles. The Balaban J connectivity index is 0.00000338. The maximum atomic E-state index is 12.3. The summed E-state index contributed by atoms with van der Waals surface area (Å²) in [6.07, 6.45) is 9.08. The van der Waals surface area contributed by atoms with Crippen LogP contribution in [0.15, 0.2) is 42.0 Å². The molecule has 0 N–H and O–H groups in total. The van der Waals surface area contributed by atoms with Crippen molar-refractivity contribution < 1.29 is 26.4 Å². The predicted molar refractivity (Wildman–Crippen MR) is 103 cm³/mol. The number of unbranched alkanes of at least 4 members (excludes halogenated alkanes) is 1. The summed E-state index contributed by atoms with van der Waals surface area (Å²) >= 11 is 0. The first-order chi connectivity index (χ1) is 12.1. The number of likely N-dealkylation sites (tertiary alicyclic amines) is 1. The summed E-state index contributed by atoms with van der Waals surface area (Å²) in [6.45, 7) is 8.55. The summed E-state index contributed by atoms with van der Waals surface area (Å²) in [5.41, 5.74) is 2.73. The van der Waals surface area contributed by atoms with E-state index < -0.39 is 0 Å². The van der Waals surface area contributed by atoms with Crippen molar-refractivity contribution in [3.8, 4) is 0 Å². The quantitative estimate of drug-likeness (QED) is 0.281. The maximum absolute atomic E-state index is 12.3. The first-order valence-corrected chi connectivity index (χ1v) is 9.84. The normalized spacial score (nSPS) is 16.6. The van der Waals surface area contributed by atoms with Gasteiger partial charge in [0.1, 0.15) is 0 Å². The Morgan fingerprint density at radius 2 is 1.85 bits per heavy atom. The molecule has 3 nitrogen and oxygen atoms in total. The van der Waals surface area contributed by atoms with Crippen molar-refractivity contribution in [2.24, 2.45) is 0 Å². The van der Waals surface area contributed by atoms with E-state index in [4.69, 9.17) is 4.74 Å². The largest absolute Gasteiger partial charge is 1.00 e. The van der Waals surface area contributed by atoms with Crippen molar-refractivity contribution in [3.63, 3.8) is 0 Å². The molecule has 0 atom stereocenters. The summed E-state index contributed by atoms with van der Waals surface area (Å²) in [5.74, 6) is -0.0236. The van der Waals surface area contributed by atoms with Gasteiger partial charge in [-0.2, -0.15) is 0 Å². The number of carbonyl (C=O) groups is 1. The summed E-state index contributed by atoms with van der Waals surface area (Å²) < 4.78 is 6.31. The molecule has 1 aromatic rings. The summed E-state index contributed by atoms with van der Waals surface area (Å²) in [4.78, 5) is 12.3. The van der Waals surface area contributed by atoms with E-state index in [0.717, 1.165) is 43.4 Å². The number of rotatable bonds is 9. The third-order valence-corrected chi connectivity index (χ3v) is 5.14. The average Bonchev–Trinajstić information content (AvgIpc) is 2.62. The average molecular weight is 380 g/mol.